The van der Waals surface area contributed by atoms with Gasteiger partial charge in [-0.3, -0.25) is 9.69 Å². The summed E-state index contributed by atoms with van der Waals surface area (Å²) < 4.78 is 6.34. The Balaban J connectivity index is 1.38. The van der Waals surface area contributed by atoms with Crippen LogP contribution in [0.5, 0.6) is 0 Å². The molecule has 1 aromatic heterocycles. The first-order valence-corrected chi connectivity index (χ1v) is 11.4. The molecule has 0 unspecified atom stereocenters. The number of hydrogen-bond donors (Lipinski definition) is 2. The van der Waals surface area contributed by atoms with E-state index in [0.717, 1.165) is 65.9 Å². The lowest BCUT2D eigenvalue weighted by Gasteiger charge is -2.26. The molecule has 0 bridgehead atoms. The van der Waals surface area contributed by atoms with Crippen LogP contribution < -0.4 is 10.6 Å². The molecule has 1 saturated heterocycles. The highest BCUT2D eigenvalue weighted by molar-refractivity contribution is 9.10. The SMILES string of the molecule is C=C(C(=O)NCCCN1CCOCC1)c1ccc2c(Nc3cccc(Br)c3)ncnc2c1. The maximum atomic E-state index is 12.6. The monoisotopic (exact) mass is 495 g/mol. The molecule has 1 amide bonds. The minimum absolute atomic E-state index is 0.159. The van der Waals surface area contributed by atoms with Crippen LogP contribution in [-0.2, 0) is 9.53 Å². The minimum atomic E-state index is -0.159. The van der Waals surface area contributed by atoms with Gasteiger partial charge in [0.2, 0.25) is 0 Å². The first-order chi connectivity index (χ1) is 15.6. The summed E-state index contributed by atoms with van der Waals surface area (Å²) in [6, 6.07) is 13.5. The summed E-state index contributed by atoms with van der Waals surface area (Å²) in [4.78, 5) is 23.7. The highest BCUT2D eigenvalue weighted by atomic mass is 79.9. The van der Waals surface area contributed by atoms with E-state index in [1.165, 1.54) is 6.33 Å². The van der Waals surface area contributed by atoms with E-state index < -0.39 is 0 Å². The molecule has 1 fully saturated rings. The fourth-order valence-corrected chi connectivity index (χ4v) is 4.01. The van der Waals surface area contributed by atoms with Gasteiger partial charge in [-0.05, 0) is 48.9 Å². The molecule has 2 N–H and O–H groups in total. The van der Waals surface area contributed by atoms with E-state index in [2.05, 4.69) is 48.0 Å². The highest BCUT2D eigenvalue weighted by Gasteiger charge is 2.13. The van der Waals surface area contributed by atoms with Gasteiger partial charge in [0, 0.05) is 40.8 Å². The van der Waals surface area contributed by atoms with Crippen molar-refractivity contribution < 1.29 is 9.53 Å². The number of ether oxygens (including phenoxy) is 1. The van der Waals surface area contributed by atoms with Gasteiger partial charge in [0.1, 0.15) is 12.1 Å². The molecule has 0 spiro atoms. The Labute approximate surface area is 196 Å². The van der Waals surface area contributed by atoms with Crippen LogP contribution in [0.4, 0.5) is 11.5 Å². The van der Waals surface area contributed by atoms with Gasteiger partial charge in [-0.2, -0.15) is 0 Å². The third-order valence-electron chi connectivity index (χ3n) is 5.39. The van der Waals surface area contributed by atoms with Crippen molar-refractivity contribution in [2.45, 2.75) is 6.42 Å². The summed E-state index contributed by atoms with van der Waals surface area (Å²) in [5.41, 5.74) is 2.84. The molecule has 166 valence electrons. The normalized spacial score (nSPS) is 14.3. The molecule has 1 aliphatic heterocycles. The van der Waals surface area contributed by atoms with Gasteiger partial charge in [0.05, 0.1) is 18.7 Å². The number of carbonyl (C=O) groups is 1. The van der Waals surface area contributed by atoms with Gasteiger partial charge in [-0.15, -0.1) is 0 Å². The largest absolute Gasteiger partial charge is 0.379 e. The number of morpholine rings is 1. The fraction of sp³-hybridized carbons (Fsp3) is 0.292. The number of carbonyl (C=O) groups excluding carboxylic acids is 1. The minimum Gasteiger partial charge on any atom is -0.379 e. The van der Waals surface area contributed by atoms with E-state index in [-0.39, 0.29) is 5.91 Å². The lowest BCUT2D eigenvalue weighted by atomic mass is 10.0. The molecule has 7 nitrogen and oxygen atoms in total. The molecule has 8 heteroatoms. The van der Waals surface area contributed by atoms with Gasteiger partial charge in [0.15, 0.2) is 0 Å². The lowest BCUT2D eigenvalue weighted by Crippen LogP contribution is -2.38. The van der Waals surface area contributed by atoms with Crippen LogP contribution in [0.25, 0.3) is 16.5 Å². The maximum absolute atomic E-state index is 12.6. The third-order valence-corrected chi connectivity index (χ3v) is 5.88. The maximum Gasteiger partial charge on any atom is 0.251 e. The summed E-state index contributed by atoms with van der Waals surface area (Å²) >= 11 is 3.48. The van der Waals surface area contributed by atoms with E-state index in [9.17, 15) is 4.79 Å². The number of halogens is 1. The van der Waals surface area contributed by atoms with Crippen LogP contribution in [0.3, 0.4) is 0 Å². The van der Waals surface area contributed by atoms with Crippen molar-refractivity contribution in [3.8, 4) is 0 Å². The van der Waals surface area contributed by atoms with Gasteiger partial charge >= 0.3 is 0 Å². The molecule has 0 radical (unpaired) electrons. The van der Waals surface area contributed by atoms with Gasteiger partial charge in [-0.1, -0.05) is 34.6 Å². The first-order valence-electron chi connectivity index (χ1n) is 10.6. The number of anilines is 2. The summed E-state index contributed by atoms with van der Waals surface area (Å²) in [5, 5.41) is 7.17. The molecule has 2 aromatic carbocycles. The summed E-state index contributed by atoms with van der Waals surface area (Å²) in [7, 11) is 0. The zero-order valence-corrected chi connectivity index (χ0v) is 19.4. The molecule has 32 heavy (non-hydrogen) atoms. The van der Waals surface area contributed by atoms with Crippen LogP contribution in [0.1, 0.15) is 12.0 Å². The van der Waals surface area contributed by atoms with E-state index in [0.29, 0.717) is 17.9 Å². The van der Waals surface area contributed by atoms with Crippen LogP contribution in [0.15, 0.2) is 59.8 Å². The van der Waals surface area contributed by atoms with Gasteiger partial charge < -0.3 is 15.4 Å². The van der Waals surface area contributed by atoms with Crippen molar-refractivity contribution in [1.82, 2.24) is 20.2 Å². The Bertz CT molecular complexity index is 1110. The topological polar surface area (TPSA) is 79.4 Å². The molecular formula is C24H26BrN5O2. The summed E-state index contributed by atoms with van der Waals surface area (Å²) in [6.07, 6.45) is 2.41. The molecule has 2 heterocycles. The number of fused-ring (bicyclic) bond motifs is 1. The number of amides is 1. The van der Waals surface area contributed by atoms with E-state index in [1.54, 1.807) is 0 Å². The van der Waals surface area contributed by atoms with Gasteiger partial charge in [-0.25, -0.2) is 9.97 Å². The Kier molecular flexibility index (Phi) is 7.47. The van der Waals surface area contributed by atoms with E-state index in [1.807, 2.05) is 42.5 Å². The Morgan fingerprint density at radius 2 is 2.00 bits per heavy atom. The molecule has 0 atom stereocenters. The molecule has 0 saturated carbocycles. The average molecular weight is 496 g/mol. The van der Waals surface area contributed by atoms with Crippen molar-refractivity contribution in [3.05, 3.63) is 65.4 Å². The third kappa shape index (κ3) is 5.70. The average Bonchev–Trinajstić information content (AvgIpc) is 2.82. The van der Waals surface area contributed by atoms with Crippen LogP contribution in [0, 0.1) is 0 Å². The van der Waals surface area contributed by atoms with Crippen LogP contribution in [-0.4, -0.2) is 60.2 Å². The predicted octanol–water partition coefficient (Wildman–Crippen LogP) is 3.99. The predicted molar refractivity (Wildman–Crippen MR) is 131 cm³/mol. The highest BCUT2D eigenvalue weighted by Crippen LogP contribution is 2.26. The van der Waals surface area contributed by atoms with Crippen molar-refractivity contribution in [2.24, 2.45) is 0 Å². The number of nitrogens with one attached hydrogen (secondary N) is 2. The second-order valence-corrected chi connectivity index (χ2v) is 8.55. The smallest absolute Gasteiger partial charge is 0.251 e. The Morgan fingerprint density at radius 3 is 2.81 bits per heavy atom. The van der Waals surface area contributed by atoms with Crippen molar-refractivity contribution in [2.75, 3.05) is 44.7 Å². The van der Waals surface area contributed by atoms with Crippen molar-refractivity contribution in [1.29, 1.82) is 0 Å². The molecule has 0 aliphatic carbocycles. The zero-order chi connectivity index (χ0) is 22.3. The van der Waals surface area contributed by atoms with E-state index >= 15 is 0 Å². The van der Waals surface area contributed by atoms with E-state index in [4.69, 9.17) is 4.74 Å². The second-order valence-electron chi connectivity index (χ2n) is 7.63. The number of rotatable bonds is 8. The van der Waals surface area contributed by atoms with Crippen molar-refractivity contribution >= 4 is 49.8 Å². The standard InChI is InChI=1S/C24H26BrN5O2/c1-17(24(31)26-8-3-9-30-10-12-32-13-11-30)18-6-7-21-22(14-18)27-16-28-23(21)29-20-5-2-4-19(25)15-20/h2,4-7,14-16H,1,3,8-13H2,(H,26,31)(H,27,28,29). The quantitative estimate of drug-likeness (QED) is 0.363. The fourth-order valence-electron chi connectivity index (χ4n) is 3.61. The number of hydrogen-bond acceptors (Lipinski definition) is 6. The molecule has 1 aliphatic rings. The number of benzene rings is 2. The first kappa shape index (κ1) is 22.4. The van der Waals surface area contributed by atoms with Crippen LogP contribution >= 0.6 is 15.9 Å². The second kappa shape index (κ2) is 10.7. The van der Waals surface area contributed by atoms with Crippen LogP contribution in [0.2, 0.25) is 0 Å². The molecule has 3 aromatic rings. The molecule has 4 rings (SSSR count). The zero-order valence-electron chi connectivity index (χ0n) is 17.8. The molecular weight excluding hydrogens is 470 g/mol. The lowest BCUT2D eigenvalue weighted by molar-refractivity contribution is -0.115. The van der Waals surface area contributed by atoms with Crippen molar-refractivity contribution in [3.63, 3.8) is 0 Å². The summed E-state index contributed by atoms with van der Waals surface area (Å²) in [6.45, 7) is 9.05. The Morgan fingerprint density at radius 1 is 1.16 bits per heavy atom. The Hall–Kier alpha value is -2.81. The van der Waals surface area contributed by atoms with Gasteiger partial charge in [0.25, 0.3) is 5.91 Å². The summed E-state index contributed by atoms with van der Waals surface area (Å²) in [5.74, 6) is 0.547. The number of aromatic nitrogens is 2. The number of nitrogens with zero attached hydrogens (tertiary/aromatic N) is 3.